The smallest absolute Gasteiger partial charge is 0.414 e. The normalized spacial score (nSPS) is 15.6. The van der Waals surface area contributed by atoms with Gasteiger partial charge in [-0.1, -0.05) is 6.08 Å². The monoisotopic (exact) mass is 267 g/mol. The van der Waals surface area contributed by atoms with Crippen LogP contribution < -0.4 is 4.90 Å². The molecule has 1 aliphatic heterocycles. The van der Waals surface area contributed by atoms with Gasteiger partial charge in [0, 0.05) is 5.69 Å². The number of rotatable bonds is 4. The third-order valence-corrected chi connectivity index (χ3v) is 4.27. The van der Waals surface area contributed by atoms with E-state index in [2.05, 4.69) is 6.58 Å². The van der Waals surface area contributed by atoms with Gasteiger partial charge >= 0.3 is 6.09 Å². The molecule has 18 heavy (non-hydrogen) atoms. The average Bonchev–Trinajstić information content (AvgIpc) is 2.76. The summed E-state index contributed by atoms with van der Waals surface area (Å²) in [5.41, 5.74) is 0.634. The van der Waals surface area contributed by atoms with Crippen LogP contribution in [0.5, 0.6) is 0 Å². The molecule has 6 heteroatoms. The molecule has 0 atom stereocenters. The van der Waals surface area contributed by atoms with Crippen molar-refractivity contribution in [1.29, 1.82) is 0 Å². The first-order valence-electron chi connectivity index (χ1n) is 5.42. The third kappa shape index (κ3) is 2.38. The molecule has 0 saturated carbocycles. The lowest BCUT2D eigenvalue weighted by molar-refractivity contribution is 0.181. The van der Waals surface area contributed by atoms with E-state index in [-0.39, 0.29) is 10.6 Å². The maximum Gasteiger partial charge on any atom is 0.414 e. The Hall–Kier alpha value is -1.82. The minimum absolute atomic E-state index is 0.0991. The molecular weight excluding hydrogens is 254 g/mol. The first-order valence-corrected chi connectivity index (χ1v) is 7.08. The molecule has 0 radical (unpaired) electrons. The Morgan fingerprint density at radius 3 is 2.50 bits per heavy atom. The van der Waals surface area contributed by atoms with E-state index in [1.54, 1.807) is 12.1 Å². The van der Waals surface area contributed by atoms with E-state index < -0.39 is 15.9 Å². The van der Waals surface area contributed by atoms with Gasteiger partial charge in [0.2, 0.25) is 0 Å². The van der Waals surface area contributed by atoms with Crippen molar-refractivity contribution < 1.29 is 17.9 Å². The summed E-state index contributed by atoms with van der Waals surface area (Å²) >= 11 is 0. The zero-order valence-corrected chi connectivity index (χ0v) is 10.5. The fraction of sp³-hybridized carbons (Fsp3) is 0.250. The quantitative estimate of drug-likeness (QED) is 0.777. The van der Waals surface area contributed by atoms with Crippen LogP contribution in [0, 0.1) is 0 Å². The van der Waals surface area contributed by atoms with Gasteiger partial charge in [0.25, 0.3) is 0 Å². The first-order chi connectivity index (χ1) is 8.54. The van der Waals surface area contributed by atoms with Crippen molar-refractivity contribution in [1.82, 2.24) is 0 Å². The summed E-state index contributed by atoms with van der Waals surface area (Å²) in [6.07, 6.45) is 0.942. The van der Waals surface area contributed by atoms with Crippen LogP contribution >= 0.6 is 0 Å². The number of ether oxygens (including phenoxy) is 1. The number of nitrogens with zero attached hydrogens (tertiary/aromatic N) is 1. The summed E-state index contributed by atoms with van der Waals surface area (Å²) in [5, 5.41) is 0. The molecule has 1 aromatic carbocycles. The number of benzene rings is 1. The molecule has 1 fully saturated rings. The predicted octanol–water partition coefficient (Wildman–Crippen LogP) is 1.60. The van der Waals surface area contributed by atoms with E-state index in [0.717, 1.165) is 0 Å². The van der Waals surface area contributed by atoms with Crippen LogP contribution in [0.1, 0.15) is 0 Å². The lowest BCUT2D eigenvalue weighted by atomic mass is 10.3. The Kier molecular flexibility index (Phi) is 3.38. The van der Waals surface area contributed by atoms with Gasteiger partial charge in [-0.15, -0.1) is 6.58 Å². The Balaban J connectivity index is 2.25. The van der Waals surface area contributed by atoms with Gasteiger partial charge < -0.3 is 4.74 Å². The second kappa shape index (κ2) is 4.81. The van der Waals surface area contributed by atoms with Gasteiger partial charge in [-0.25, -0.2) is 13.2 Å². The molecule has 1 aliphatic rings. The van der Waals surface area contributed by atoms with Crippen molar-refractivity contribution in [3.63, 3.8) is 0 Å². The minimum Gasteiger partial charge on any atom is -0.447 e. The molecule has 1 heterocycles. The van der Waals surface area contributed by atoms with Crippen LogP contribution in [0.15, 0.2) is 41.8 Å². The molecule has 2 rings (SSSR count). The molecule has 0 bridgehead atoms. The van der Waals surface area contributed by atoms with Gasteiger partial charge in [0.15, 0.2) is 9.84 Å². The highest BCUT2D eigenvalue weighted by atomic mass is 32.2. The zero-order chi connectivity index (χ0) is 13.2. The van der Waals surface area contributed by atoms with Crippen LogP contribution in [-0.4, -0.2) is 33.4 Å². The number of sulfone groups is 1. The van der Waals surface area contributed by atoms with Crippen molar-refractivity contribution in [3.8, 4) is 0 Å². The van der Waals surface area contributed by atoms with E-state index in [4.69, 9.17) is 4.74 Å². The maximum absolute atomic E-state index is 11.8. The highest BCUT2D eigenvalue weighted by molar-refractivity contribution is 7.91. The van der Waals surface area contributed by atoms with Gasteiger partial charge in [-0.05, 0) is 24.3 Å². The van der Waals surface area contributed by atoms with Crippen molar-refractivity contribution >= 4 is 21.6 Å². The van der Waals surface area contributed by atoms with E-state index in [1.807, 2.05) is 0 Å². The van der Waals surface area contributed by atoms with Crippen molar-refractivity contribution in [2.75, 3.05) is 23.8 Å². The fourth-order valence-electron chi connectivity index (χ4n) is 1.71. The van der Waals surface area contributed by atoms with Crippen LogP contribution in [0.4, 0.5) is 10.5 Å². The second-order valence-electron chi connectivity index (χ2n) is 3.83. The number of cyclic esters (lactones) is 1. The van der Waals surface area contributed by atoms with Crippen molar-refractivity contribution in [2.24, 2.45) is 0 Å². The Bertz CT molecular complexity index is 562. The van der Waals surface area contributed by atoms with Gasteiger partial charge in [0.1, 0.15) is 6.61 Å². The van der Waals surface area contributed by atoms with E-state index in [1.165, 1.54) is 23.1 Å². The highest BCUT2D eigenvalue weighted by Gasteiger charge is 2.23. The van der Waals surface area contributed by atoms with Crippen molar-refractivity contribution in [3.05, 3.63) is 36.9 Å². The molecule has 1 saturated heterocycles. The zero-order valence-electron chi connectivity index (χ0n) is 9.70. The Morgan fingerprint density at radius 1 is 1.33 bits per heavy atom. The third-order valence-electron chi connectivity index (χ3n) is 2.61. The largest absolute Gasteiger partial charge is 0.447 e. The predicted molar refractivity (Wildman–Crippen MR) is 67.4 cm³/mol. The number of hydrogen-bond donors (Lipinski definition) is 0. The summed E-state index contributed by atoms with van der Waals surface area (Å²) < 4.78 is 28.3. The van der Waals surface area contributed by atoms with Gasteiger partial charge in [-0.2, -0.15) is 0 Å². The molecule has 0 spiro atoms. The van der Waals surface area contributed by atoms with E-state index >= 15 is 0 Å². The summed E-state index contributed by atoms with van der Waals surface area (Å²) in [6, 6.07) is 6.17. The molecule has 1 aromatic rings. The van der Waals surface area contributed by atoms with E-state index in [9.17, 15) is 13.2 Å². The topological polar surface area (TPSA) is 63.7 Å². The van der Waals surface area contributed by atoms with Crippen molar-refractivity contribution in [2.45, 2.75) is 4.90 Å². The fourth-order valence-corrected chi connectivity index (χ4v) is 2.77. The maximum atomic E-state index is 11.8. The number of anilines is 1. The molecule has 5 nitrogen and oxygen atoms in total. The highest BCUT2D eigenvalue weighted by Crippen LogP contribution is 2.21. The molecule has 96 valence electrons. The van der Waals surface area contributed by atoms with Crippen LogP contribution in [0.3, 0.4) is 0 Å². The number of amides is 1. The number of carbonyl (C=O) groups excluding carboxylic acids is 1. The number of carbonyl (C=O) groups is 1. The first kappa shape index (κ1) is 12.6. The summed E-state index contributed by atoms with van der Waals surface area (Å²) in [7, 11) is -3.32. The molecule has 0 aliphatic carbocycles. The molecule has 0 N–H and O–H groups in total. The molecule has 1 amide bonds. The summed E-state index contributed by atoms with van der Waals surface area (Å²) in [6.45, 7) is 4.25. The Labute approximate surface area is 106 Å². The lowest BCUT2D eigenvalue weighted by Crippen LogP contribution is -2.23. The standard InChI is InChI=1S/C12H13NO4S/c1-2-9-18(15,16)11-5-3-10(4-6-11)13-7-8-17-12(13)14/h2-6H,1,7-9H2. The number of hydrogen-bond acceptors (Lipinski definition) is 4. The van der Waals surface area contributed by atoms with E-state index in [0.29, 0.717) is 18.8 Å². The Morgan fingerprint density at radius 2 is 2.00 bits per heavy atom. The average molecular weight is 267 g/mol. The molecule has 0 unspecified atom stereocenters. The van der Waals surface area contributed by atoms with Crippen LogP contribution in [0.25, 0.3) is 0 Å². The van der Waals surface area contributed by atoms with Crippen LogP contribution in [-0.2, 0) is 14.6 Å². The molecular formula is C12H13NO4S. The summed E-state index contributed by atoms with van der Waals surface area (Å²) in [4.78, 5) is 13.0. The van der Waals surface area contributed by atoms with Gasteiger partial charge in [-0.3, -0.25) is 4.90 Å². The molecule has 0 aromatic heterocycles. The second-order valence-corrected chi connectivity index (χ2v) is 5.86. The minimum atomic E-state index is -3.32. The van der Waals surface area contributed by atoms with Crippen LogP contribution in [0.2, 0.25) is 0 Å². The van der Waals surface area contributed by atoms with Gasteiger partial charge in [0.05, 0.1) is 17.2 Å². The SMILES string of the molecule is C=CCS(=O)(=O)c1ccc(N2CCOC2=O)cc1. The summed E-state index contributed by atoms with van der Waals surface area (Å²) in [5.74, 6) is -0.0991. The lowest BCUT2D eigenvalue weighted by Gasteiger charge is -2.12.